The number of hydrogen-bond acceptors (Lipinski definition) is 4. The Balaban J connectivity index is 1.20. The molecular formula is C48H29NO2S. The second kappa shape index (κ2) is 11.5. The van der Waals surface area contributed by atoms with Gasteiger partial charge in [0.05, 0.1) is 16.8 Å². The van der Waals surface area contributed by atoms with Gasteiger partial charge in [0, 0.05) is 47.6 Å². The molecule has 0 unspecified atom stereocenters. The van der Waals surface area contributed by atoms with Crippen LogP contribution in [-0.4, -0.2) is 0 Å². The number of benzene rings is 8. The predicted octanol–water partition coefficient (Wildman–Crippen LogP) is 14.7. The van der Waals surface area contributed by atoms with E-state index in [0.29, 0.717) is 0 Å². The average molecular weight is 684 g/mol. The SMILES string of the molecule is c1ccc(-c2ccc3c(c2)sc2ccc(N(c4cccc5c4oc4ccccc45)c4ccc(-c5ccccc5)c5oc6ccccc6c45)cc23)cc1. The smallest absolute Gasteiger partial charge is 0.159 e. The molecule has 0 amide bonds. The van der Waals surface area contributed by atoms with Crippen LogP contribution in [0, 0.1) is 0 Å². The summed E-state index contributed by atoms with van der Waals surface area (Å²) in [7, 11) is 0. The molecule has 0 saturated heterocycles. The van der Waals surface area contributed by atoms with Gasteiger partial charge in [0.25, 0.3) is 0 Å². The van der Waals surface area contributed by atoms with Crippen molar-refractivity contribution in [3.05, 3.63) is 176 Å². The van der Waals surface area contributed by atoms with E-state index in [4.69, 9.17) is 8.83 Å². The van der Waals surface area contributed by atoms with E-state index in [9.17, 15) is 0 Å². The van der Waals surface area contributed by atoms with Crippen molar-refractivity contribution in [3.8, 4) is 22.3 Å². The number of anilines is 3. The maximum Gasteiger partial charge on any atom is 0.159 e. The highest BCUT2D eigenvalue weighted by Crippen LogP contribution is 2.49. The zero-order chi connectivity index (χ0) is 34.2. The molecule has 0 saturated carbocycles. The van der Waals surface area contributed by atoms with Gasteiger partial charge in [-0.15, -0.1) is 11.3 Å². The topological polar surface area (TPSA) is 29.5 Å². The van der Waals surface area contributed by atoms with Crippen molar-refractivity contribution in [1.82, 2.24) is 0 Å². The summed E-state index contributed by atoms with van der Waals surface area (Å²) in [6.07, 6.45) is 0. The second-order valence-corrected chi connectivity index (χ2v) is 14.3. The Bertz CT molecular complexity index is 3130. The second-order valence-electron chi connectivity index (χ2n) is 13.2. The Morgan fingerprint density at radius 1 is 0.385 bits per heavy atom. The van der Waals surface area contributed by atoms with Crippen molar-refractivity contribution in [2.75, 3.05) is 4.90 Å². The minimum absolute atomic E-state index is 0.847. The largest absolute Gasteiger partial charge is 0.455 e. The lowest BCUT2D eigenvalue weighted by Gasteiger charge is -2.27. The van der Waals surface area contributed by atoms with E-state index in [-0.39, 0.29) is 0 Å². The molecule has 244 valence electrons. The van der Waals surface area contributed by atoms with Crippen molar-refractivity contribution < 1.29 is 8.83 Å². The maximum absolute atomic E-state index is 6.75. The monoisotopic (exact) mass is 683 g/mol. The normalized spacial score (nSPS) is 11.8. The molecule has 0 N–H and O–H groups in total. The van der Waals surface area contributed by atoms with E-state index in [1.807, 2.05) is 29.5 Å². The van der Waals surface area contributed by atoms with Crippen molar-refractivity contribution in [3.63, 3.8) is 0 Å². The van der Waals surface area contributed by atoms with Gasteiger partial charge in [0.1, 0.15) is 16.7 Å². The summed E-state index contributed by atoms with van der Waals surface area (Å²) in [6.45, 7) is 0. The van der Waals surface area contributed by atoms with Crippen LogP contribution in [0.25, 0.3) is 86.3 Å². The molecule has 3 heterocycles. The molecule has 0 aliphatic rings. The molecule has 11 aromatic rings. The van der Waals surface area contributed by atoms with E-state index >= 15 is 0 Å². The van der Waals surface area contributed by atoms with Crippen LogP contribution in [-0.2, 0) is 0 Å². The van der Waals surface area contributed by atoms with Gasteiger partial charge in [-0.25, -0.2) is 0 Å². The van der Waals surface area contributed by atoms with Crippen LogP contribution in [0.15, 0.2) is 185 Å². The molecule has 0 spiro atoms. The van der Waals surface area contributed by atoms with Crippen LogP contribution in [0.4, 0.5) is 17.1 Å². The molecule has 0 aliphatic heterocycles. The Labute approximate surface area is 303 Å². The maximum atomic E-state index is 6.75. The van der Waals surface area contributed by atoms with Crippen LogP contribution in [0.1, 0.15) is 0 Å². The van der Waals surface area contributed by atoms with E-state index < -0.39 is 0 Å². The summed E-state index contributed by atoms with van der Waals surface area (Å²) in [5, 5.41) is 6.80. The van der Waals surface area contributed by atoms with Crippen LogP contribution in [0.3, 0.4) is 0 Å². The number of rotatable bonds is 5. The van der Waals surface area contributed by atoms with Crippen molar-refractivity contribution in [2.24, 2.45) is 0 Å². The van der Waals surface area contributed by atoms with Gasteiger partial charge < -0.3 is 13.7 Å². The van der Waals surface area contributed by atoms with Gasteiger partial charge in [0.2, 0.25) is 0 Å². The molecule has 8 aromatic carbocycles. The van der Waals surface area contributed by atoms with Gasteiger partial charge >= 0.3 is 0 Å². The quantitative estimate of drug-likeness (QED) is 0.181. The third-order valence-corrected chi connectivity index (χ3v) is 11.4. The lowest BCUT2D eigenvalue weighted by atomic mass is 9.99. The summed E-state index contributed by atoms with van der Waals surface area (Å²) in [5.41, 5.74) is 11.1. The molecule has 0 atom stereocenters. The lowest BCUT2D eigenvalue weighted by Crippen LogP contribution is -2.10. The first kappa shape index (κ1) is 29.1. The predicted molar refractivity (Wildman–Crippen MR) is 219 cm³/mol. The Hall–Kier alpha value is -6.62. The van der Waals surface area contributed by atoms with Crippen molar-refractivity contribution in [2.45, 2.75) is 0 Å². The third-order valence-electron chi connectivity index (χ3n) is 10.3. The number of furan rings is 2. The van der Waals surface area contributed by atoms with Crippen LogP contribution >= 0.6 is 11.3 Å². The highest BCUT2D eigenvalue weighted by atomic mass is 32.1. The van der Waals surface area contributed by atoms with Crippen molar-refractivity contribution >= 4 is 92.4 Å². The number of para-hydroxylation sites is 3. The van der Waals surface area contributed by atoms with E-state index in [1.54, 1.807) is 0 Å². The van der Waals surface area contributed by atoms with E-state index in [1.165, 1.54) is 31.3 Å². The molecular weight excluding hydrogens is 655 g/mol. The average Bonchev–Trinajstić information content (AvgIpc) is 3.90. The molecule has 52 heavy (non-hydrogen) atoms. The standard InChI is InChI=1S/C48H29NO2S/c1-3-12-30(13-4-1)32-22-24-36-39-29-33(23-27-44(39)52-45(36)28-32)49(41-19-11-18-37-35-16-7-9-20-42(35)50-47(37)41)40-26-25-34(31-14-5-2-6-15-31)48-46(40)38-17-8-10-21-43(38)51-48/h1-29H. The first-order valence-corrected chi connectivity index (χ1v) is 18.3. The van der Waals surface area contributed by atoms with Gasteiger partial charge in [-0.2, -0.15) is 0 Å². The minimum Gasteiger partial charge on any atom is -0.455 e. The Morgan fingerprint density at radius 2 is 1.08 bits per heavy atom. The molecule has 0 aliphatic carbocycles. The molecule has 0 fully saturated rings. The van der Waals surface area contributed by atoms with Crippen LogP contribution < -0.4 is 4.90 Å². The molecule has 11 rings (SSSR count). The van der Waals surface area contributed by atoms with Crippen molar-refractivity contribution in [1.29, 1.82) is 0 Å². The van der Waals surface area contributed by atoms with Gasteiger partial charge in [-0.3, -0.25) is 0 Å². The fourth-order valence-corrected chi connectivity index (χ4v) is 9.00. The minimum atomic E-state index is 0.847. The van der Waals surface area contributed by atoms with Crippen LogP contribution in [0.2, 0.25) is 0 Å². The fraction of sp³-hybridized carbons (Fsp3) is 0. The number of hydrogen-bond donors (Lipinski definition) is 0. The molecule has 3 nitrogen and oxygen atoms in total. The number of thiophene rings is 1. The molecule has 4 heteroatoms. The number of nitrogens with zero attached hydrogens (tertiary/aromatic N) is 1. The van der Waals surface area contributed by atoms with Gasteiger partial charge in [-0.05, 0) is 71.3 Å². The Kier molecular flexibility index (Phi) is 6.42. The highest BCUT2D eigenvalue weighted by Gasteiger charge is 2.25. The van der Waals surface area contributed by atoms with E-state index in [0.717, 1.165) is 72.1 Å². The zero-order valence-electron chi connectivity index (χ0n) is 27.9. The molecule has 3 aromatic heterocycles. The van der Waals surface area contributed by atoms with Gasteiger partial charge in [-0.1, -0.05) is 121 Å². The molecule has 0 radical (unpaired) electrons. The first-order chi connectivity index (χ1) is 25.8. The lowest BCUT2D eigenvalue weighted by molar-refractivity contribution is 0.668. The number of fused-ring (bicyclic) bond motifs is 9. The zero-order valence-corrected chi connectivity index (χ0v) is 28.7. The molecule has 0 bridgehead atoms. The summed E-state index contributed by atoms with van der Waals surface area (Å²) in [4.78, 5) is 2.37. The Morgan fingerprint density at radius 3 is 1.90 bits per heavy atom. The van der Waals surface area contributed by atoms with Gasteiger partial charge in [0.15, 0.2) is 5.58 Å². The summed E-state index contributed by atoms with van der Waals surface area (Å²) < 4.78 is 16.0. The first-order valence-electron chi connectivity index (χ1n) is 17.5. The summed E-state index contributed by atoms with van der Waals surface area (Å²) >= 11 is 1.84. The fourth-order valence-electron chi connectivity index (χ4n) is 7.87. The summed E-state index contributed by atoms with van der Waals surface area (Å²) in [6, 6.07) is 62.4. The highest BCUT2D eigenvalue weighted by molar-refractivity contribution is 7.25. The van der Waals surface area contributed by atoms with E-state index in [2.05, 4.69) is 163 Å². The third kappa shape index (κ3) is 4.45. The van der Waals surface area contributed by atoms with Crippen LogP contribution in [0.5, 0.6) is 0 Å². The summed E-state index contributed by atoms with van der Waals surface area (Å²) in [5.74, 6) is 0.